The predicted octanol–water partition coefficient (Wildman–Crippen LogP) is 8.05. The Morgan fingerprint density at radius 1 is 1.03 bits per heavy atom. The Bertz CT molecular complexity index is 866. The van der Waals surface area contributed by atoms with Gasteiger partial charge in [-0.2, -0.15) is 0 Å². The quantitative estimate of drug-likeness (QED) is 0.326. The van der Waals surface area contributed by atoms with Crippen LogP contribution in [0, 0.1) is 52.3 Å². The maximum atomic E-state index is 12.6. The summed E-state index contributed by atoms with van der Waals surface area (Å²) in [6.07, 6.45) is 11.1. The summed E-state index contributed by atoms with van der Waals surface area (Å²) in [5.74, 6) is 3.36. The maximum Gasteiger partial charge on any atom is 0.308 e. The van der Waals surface area contributed by atoms with Crippen molar-refractivity contribution in [3.05, 3.63) is 0 Å². The van der Waals surface area contributed by atoms with Gasteiger partial charge in [0, 0.05) is 11.2 Å². The highest BCUT2D eigenvalue weighted by Gasteiger charge is 2.63. The highest BCUT2D eigenvalue weighted by atomic mass is 32.2. The molecule has 0 radical (unpaired) electrons. The summed E-state index contributed by atoms with van der Waals surface area (Å²) in [5.41, 5.74) is 0.206. The van der Waals surface area contributed by atoms with Crippen LogP contribution in [0.4, 0.5) is 0 Å². The minimum Gasteiger partial charge on any atom is -0.462 e. The Morgan fingerprint density at radius 2 is 1.74 bits per heavy atom. The molecule has 4 nitrogen and oxygen atoms in total. The van der Waals surface area contributed by atoms with Crippen LogP contribution in [0.3, 0.4) is 0 Å². The molecular weight excluding hydrogens is 492 g/mol. The van der Waals surface area contributed by atoms with Gasteiger partial charge in [-0.25, -0.2) is 0 Å². The lowest BCUT2D eigenvalue weighted by molar-refractivity contribution is -0.183. The molecule has 4 aliphatic carbocycles. The monoisotopic (exact) mass is 548 g/mol. The number of thioether (sulfide) groups is 1. The molecule has 4 aliphatic rings. The molecule has 218 valence electrons. The van der Waals surface area contributed by atoms with Crippen LogP contribution in [0.5, 0.6) is 0 Å². The number of carbonyl (C=O) groups is 2. The van der Waals surface area contributed by atoms with E-state index in [9.17, 15) is 14.7 Å². The van der Waals surface area contributed by atoms with Crippen molar-refractivity contribution in [1.29, 1.82) is 0 Å². The van der Waals surface area contributed by atoms with Crippen LogP contribution in [0.1, 0.15) is 126 Å². The standard InChI is InChI=1S/C33H56O4S/c1-9-20(2)30(36)37-23-16-17-32(7)22(18-23)11-12-24-26-14-13-25(33(26,8)28(34)19-27(24)32)21(3)10-15-29(35)38-31(4,5)6/h20-28,34H,9-19H2,1-8H3. The Labute approximate surface area is 237 Å². The Balaban J connectivity index is 1.42. The molecule has 4 saturated carbocycles. The van der Waals surface area contributed by atoms with E-state index in [2.05, 4.69) is 41.5 Å². The minimum absolute atomic E-state index is 0.0155. The highest BCUT2D eigenvalue weighted by Crippen LogP contribution is 2.68. The second-order valence-electron chi connectivity index (χ2n) is 15.2. The fraction of sp³-hybridized carbons (Fsp3) is 0.939. The van der Waals surface area contributed by atoms with Gasteiger partial charge in [0.25, 0.3) is 0 Å². The number of esters is 1. The molecule has 0 aliphatic heterocycles. The lowest BCUT2D eigenvalue weighted by Gasteiger charge is -2.62. The summed E-state index contributed by atoms with van der Waals surface area (Å²) in [6, 6.07) is 0. The fourth-order valence-corrected chi connectivity index (χ4v) is 10.5. The van der Waals surface area contributed by atoms with Crippen LogP contribution >= 0.6 is 11.8 Å². The maximum absolute atomic E-state index is 12.6. The van der Waals surface area contributed by atoms with Crippen molar-refractivity contribution < 1.29 is 19.4 Å². The third kappa shape index (κ3) is 5.76. The van der Waals surface area contributed by atoms with Crippen molar-refractivity contribution in [3.63, 3.8) is 0 Å². The zero-order valence-corrected chi connectivity index (χ0v) is 26.4. The normalized spacial score (nSPS) is 42.4. The van der Waals surface area contributed by atoms with Gasteiger partial charge in [0.1, 0.15) is 6.10 Å². The molecule has 0 aromatic heterocycles. The number of ether oxygens (including phenoxy) is 1. The van der Waals surface area contributed by atoms with Crippen LogP contribution in [-0.4, -0.2) is 33.1 Å². The van der Waals surface area contributed by atoms with Crippen LogP contribution in [0.15, 0.2) is 0 Å². The van der Waals surface area contributed by atoms with E-state index in [-0.39, 0.29) is 39.7 Å². The van der Waals surface area contributed by atoms with E-state index in [1.165, 1.54) is 37.4 Å². The first-order valence-electron chi connectivity index (χ1n) is 15.8. The molecule has 4 rings (SSSR count). The van der Waals surface area contributed by atoms with E-state index in [4.69, 9.17) is 4.74 Å². The molecule has 0 saturated heterocycles. The first-order chi connectivity index (χ1) is 17.7. The van der Waals surface area contributed by atoms with Crippen LogP contribution in [-0.2, 0) is 14.3 Å². The largest absolute Gasteiger partial charge is 0.462 e. The molecule has 0 heterocycles. The summed E-state index contributed by atoms with van der Waals surface area (Å²) in [6.45, 7) is 17.6. The Morgan fingerprint density at radius 3 is 2.39 bits per heavy atom. The lowest BCUT2D eigenvalue weighted by atomic mass is 9.43. The summed E-state index contributed by atoms with van der Waals surface area (Å²) in [5, 5.41) is 12.2. The molecule has 0 amide bonds. The van der Waals surface area contributed by atoms with Crippen molar-refractivity contribution >= 4 is 22.8 Å². The fourth-order valence-electron chi connectivity index (χ4n) is 9.64. The minimum atomic E-state index is -0.264. The predicted molar refractivity (Wildman–Crippen MR) is 157 cm³/mol. The van der Waals surface area contributed by atoms with Crippen molar-refractivity contribution in [2.45, 2.75) is 143 Å². The van der Waals surface area contributed by atoms with Crippen molar-refractivity contribution in [1.82, 2.24) is 0 Å². The zero-order chi connectivity index (χ0) is 28.0. The average Bonchev–Trinajstić information content (AvgIpc) is 3.20. The van der Waals surface area contributed by atoms with Gasteiger partial charge >= 0.3 is 5.97 Å². The molecule has 5 heteroatoms. The highest BCUT2D eigenvalue weighted by molar-refractivity contribution is 8.14. The van der Waals surface area contributed by atoms with Crippen molar-refractivity contribution in [2.24, 2.45) is 52.3 Å². The van der Waals surface area contributed by atoms with Crippen LogP contribution in [0.25, 0.3) is 0 Å². The summed E-state index contributed by atoms with van der Waals surface area (Å²) in [7, 11) is 0. The van der Waals surface area contributed by atoms with Gasteiger partial charge in [-0.05, 0) is 111 Å². The van der Waals surface area contributed by atoms with E-state index >= 15 is 0 Å². The second kappa shape index (κ2) is 11.4. The lowest BCUT2D eigenvalue weighted by Crippen LogP contribution is -2.59. The summed E-state index contributed by atoms with van der Waals surface area (Å²) >= 11 is 1.48. The number of hydrogen-bond donors (Lipinski definition) is 1. The summed E-state index contributed by atoms with van der Waals surface area (Å²) in [4.78, 5) is 25.0. The number of rotatable bonds is 7. The first kappa shape index (κ1) is 30.4. The van der Waals surface area contributed by atoms with Gasteiger partial charge in [0.05, 0.1) is 12.0 Å². The molecule has 0 aromatic carbocycles. The van der Waals surface area contributed by atoms with Gasteiger partial charge in [-0.15, -0.1) is 0 Å². The molecule has 11 atom stereocenters. The topological polar surface area (TPSA) is 63.6 Å². The number of carbonyl (C=O) groups excluding carboxylic acids is 2. The smallest absolute Gasteiger partial charge is 0.308 e. The van der Waals surface area contributed by atoms with Crippen molar-refractivity contribution in [2.75, 3.05) is 0 Å². The molecule has 4 fully saturated rings. The number of aliphatic hydroxyl groups excluding tert-OH is 1. The van der Waals surface area contributed by atoms with E-state index < -0.39 is 0 Å². The average molecular weight is 549 g/mol. The number of fused-ring (bicyclic) bond motifs is 5. The van der Waals surface area contributed by atoms with Gasteiger partial charge in [-0.1, -0.05) is 67.2 Å². The van der Waals surface area contributed by atoms with E-state index in [1.54, 1.807) is 0 Å². The number of hydrogen-bond acceptors (Lipinski definition) is 5. The zero-order valence-electron chi connectivity index (χ0n) is 25.6. The van der Waals surface area contributed by atoms with E-state index in [0.717, 1.165) is 38.5 Å². The number of aliphatic hydroxyl groups is 1. The SMILES string of the molecule is CCC(C)C(=O)OC1CCC2(C)C(CCC3C2CC(O)C2(C)C(C(C)CCC(=O)SC(C)(C)C)CCC32)C1. The molecule has 38 heavy (non-hydrogen) atoms. The first-order valence-corrected chi connectivity index (χ1v) is 16.6. The third-order valence-corrected chi connectivity index (χ3v) is 13.0. The molecular formula is C33H56O4S. The van der Waals surface area contributed by atoms with Gasteiger partial charge in [-0.3, -0.25) is 9.59 Å². The third-order valence-electron chi connectivity index (χ3n) is 12.0. The van der Waals surface area contributed by atoms with Gasteiger partial charge in [0.15, 0.2) is 5.12 Å². The van der Waals surface area contributed by atoms with Crippen LogP contribution < -0.4 is 0 Å². The molecule has 0 bridgehead atoms. The Hall–Kier alpha value is -0.550. The second-order valence-corrected chi connectivity index (χ2v) is 17.1. The van der Waals surface area contributed by atoms with E-state index in [1.807, 2.05) is 13.8 Å². The molecule has 0 aromatic rings. The molecule has 1 N–H and O–H groups in total. The Kier molecular flexibility index (Phi) is 9.11. The van der Waals surface area contributed by atoms with Gasteiger partial charge in [0.2, 0.25) is 0 Å². The van der Waals surface area contributed by atoms with Crippen molar-refractivity contribution in [3.8, 4) is 0 Å². The van der Waals surface area contributed by atoms with Gasteiger partial charge < -0.3 is 9.84 Å². The van der Waals surface area contributed by atoms with Crippen LogP contribution in [0.2, 0.25) is 0 Å². The molecule has 0 spiro atoms. The molecule has 11 unspecified atom stereocenters. The summed E-state index contributed by atoms with van der Waals surface area (Å²) < 4.78 is 5.95. The van der Waals surface area contributed by atoms with E-state index in [0.29, 0.717) is 47.0 Å².